The number of hydrogen-bond donors (Lipinski definition) is 2. The fraction of sp³-hybridized carbons (Fsp3) is 0.206. The number of carbonyl (C=O) groups is 1. The molecule has 0 spiro atoms. The van der Waals surface area contributed by atoms with E-state index in [1.807, 2.05) is 18.2 Å². The molecule has 14 heteroatoms. The third-order valence-corrected chi connectivity index (χ3v) is 6.55. The molecule has 1 atom stereocenters. The number of rotatable bonds is 10. The monoisotopic (exact) mass is 686 g/mol. The molecule has 0 radical (unpaired) electrons. The second-order valence-electron chi connectivity index (χ2n) is 10.3. The highest BCUT2D eigenvalue weighted by Gasteiger charge is 2.44. The van der Waals surface area contributed by atoms with Crippen molar-refractivity contribution < 1.29 is 53.4 Å². The van der Waals surface area contributed by atoms with Gasteiger partial charge in [-0.15, -0.1) is 0 Å². The van der Waals surface area contributed by atoms with Gasteiger partial charge in [-0.25, -0.2) is 13.2 Å². The molecule has 2 N–H and O–H groups in total. The first kappa shape index (κ1) is 37.4. The number of ether oxygens (including phenoxy) is 1. The standard InChI is InChI=1S/C27H20F10N2O2.C7H8/c1-13(15-3-6-23(30)21(10-15)26(33,34)35)39-24(16-4-5-22(29)18(7-16)12-38-14(2)40)17-8-19(28)11-20(9-17)41-27(36,37)25(31)32;1-7-5-3-2-4-6-7/h3-11,24-25,39H,1,12H2,2H3,(H,38,40);2-6H,1H3. The van der Waals surface area contributed by atoms with Crippen LogP contribution in [0, 0.1) is 24.4 Å². The van der Waals surface area contributed by atoms with E-state index in [1.54, 1.807) is 0 Å². The summed E-state index contributed by atoms with van der Waals surface area (Å²) < 4.78 is 139. The smallest absolute Gasteiger partial charge is 0.428 e. The summed E-state index contributed by atoms with van der Waals surface area (Å²) in [7, 11) is 0. The van der Waals surface area contributed by atoms with E-state index in [4.69, 9.17) is 0 Å². The summed E-state index contributed by atoms with van der Waals surface area (Å²) in [4.78, 5) is 11.3. The molecule has 48 heavy (non-hydrogen) atoms. The highest BCUT2D eigenvalue weighted by atomic mass is 19.4. The first-order valence-electron chi connectivity index (χ1n) is 13.9. The highest BCUT2D eigenvalue weighted by Crippen LogP contribution is 2.35. The number of hydrogen-bond acceptors (Lipinski definition) is 3. The Morgan fingerprint density at radius 3 is 2.04 bits per heavy atom. The molecule has 0 bridgehead atoms. The predicted octanol–water partition coefficient (Wildman–Crippen LogP) is 9.34. The molecule has 4 aromatic rings. The highest BCUT2D eigenvalue weighted by molar-refractivity contribution is 5.72. The van der Waals surface area contributed by atoms with E-state index >= 15 is 0 Å². The SMILES string of the molecule is C=C(NC(c1cc(F)cc(OC(F)(F)C(F)F)c1)c1ccc(F)c(CNC(C)=O)c1)c1ccc(F)c(C(F)(F)F)c1.Cc1ccccc1. The lowest BCUT2D eigenvalue weighted by Crippen LogP contribution is -2.33. The Bertz CT molecular complexity index is 1730. The van der Waals surface area contributed by atoms with Crippen LogP contribution in [0.15, 0.2) is 91.5 Å². The quantitative estimate of drug-likeness (QED) is 0.164. The van der Waals surface area contributed by atoms with Crippen molar-refractivity contribution in [1.82, 2.24) is 10.6 Å². The summed E-state index contributed by atoms with van der Waals surface area (Å²) in [6.07, 6.45) is -14.3. The average Bonchev–Trinajstić information content (AvgIpc) is 2.99. The van der Waals surface area contributed by atoms with Crippen LogP contribution in [0.25, 0.3) is 5.70 Å². The fourth-order valence-electron chi connectivity index (χ4n) is 4.22. The van der Waals surface area contributed by atoms with Crippen molar-refractivity contribution >= 4 is 11.6 Å². The lowest BCUT2D eigenvalue weighted by atomic mass is 9.95. The molecule has 4 nitrogen and oxygen atoms in total. The van der Waals surface area contributed by atoms with Crippen molar-refractivity contribution in [2.45, 2.75) is 45.1 Å². The summed E-state index contributed by atoms with van der Waals surface area (Å²) in [5.41, 5.74) is -1.18. The fourth-order valence-corrected chi connectivity index (χ4v) is 4.22. The molecule has 0 heterocycles. The molecule has 256 valence electrons. The lowest BCUT2D eigenvalue weighted by molar-refractivity contribution is -0.253. The Hall–Kier alpha value is -5.01. The zero-order valence-corrected chi connectivity index (χ0v) is 25.2. The van der Waals surface area contributed by atoms with Gasteiger partial charge in [0.2, 0.25) is 5.91 Å². The summed E-state index contributed by atoms with van der Waals surface area (Å²) >= 11 is 0. The van der Waals surface area contributed by atoms with Crippen LogP contribution >= 0.6 is 0 Å². The molecule has 0 saturated carbocycles. The van der Waals surface area contributed by atoms with Crippen LogP contribution in [0.4, 0.5) is 43.9 Å². The maximum Gasteiger partial charge on any atom is 0.461 e. The van der Waals surface area contributed by atoms with Gasteiger partial charge in [0.25, 0.3) is 0 Å². The Morgan fingerprint density at radius 1 is 0.833 bits per heavy atom. The van der Waals surface area contributed by atoms with Gasteiger partial charge in [-0.05, 0) is 66.1 Å². The first-order valence-corrected chi connectivity index (χ1v) is 13.9. The number of halogens is 10. The number of benzene rings is 4. The molecule has 1 amide bonds. The normalized spacial score (nSPS) is 12.1. The van der Waals surface area contributed by atoms with Gasteiger partial charge in [0.05, 0.1) is 11.6 Å². The van der Waals surface area contributed by atoms with Gasteiger partial charge in [0.1, 0.15) is 23.2 Å². The average molecular weight is 687 g/mol. The van der Waals surface area contributed by atoms with E-state index in [9.17, 15) is 48.7 Å². The molecule has 0 saturated heterocycles. The molecule has 4 aromatic carbocycles. The summed E-state index contributed by atoms with van der Waals surface area (Å²) in [5.74, 6) is -5.11. The molecule has 0 fully saturated rings. The van der Waals surface area contributed by atoms with Crippen molar-refractivity contribution in [2.75, 3.05) is 0 Å². The molecule has 0 aliphatic carbocycles. The van der Waals surface area contributed by atoms with Gasteiger partial charge in [-0.2, -0.15) is 30.7 Å². The van der Waals surface area contributed by atoms with E-state index in [0.29, 0.717) is 18.2 Å². The van der Waals surface area contributed by atoms with E-state index < -0.39 is 59.4 Å². The van der Waals surface area contributed by atoms with Crippen LogP contribution in [-0.2, 0) is 17.5 Å². The van der Waals surface area contributed by atoms with Crippen LogP contribution in [0.2, 0.25) is 0 Å². The second-order valence-corrected chi connectivity index (χ2v) is 10.3. The van der Waals surface area contributed by atoms with Gasteiger partial charge in [0.15, 0.2) is 0 Å². The number of carbonyl (C=O) groups excluding carboxylic acids is 1. The molecule has 0 aliphatic heterocycles. The number of aryl methyl sites for hydroxylation is 1. The molecule has 4 rings (SSSR count). The van der Waals surface area contributed by atoms with Crippen LogP contribution in [-0.4, -0.2) is 18.4 Å². The van der Waals surface area contributed by atoms with Gasteiger partial charge in [-0.3, -0.25) is 4.79 Å². The van der Waals surface area contributed by atoms with Crippen molar-refractivity contribution in [3.8, 4) is 5.75 Å². The number of amides is 1. The maximum atomic E-state index is 14.5. The molecule has 1 unspecified atom stereocenters. The van der Waals surface area contributed by atoms with Crippen LogP contribution in [0.3, 0.4) is 0 Å². The Labute approximate surface area is 269 Å². The minimum atomic E-state index is -5.07. The first-order chi connectivity index (χ1) is 22.4. The van der Waals surface area contributed by atoms with E-state index in [2.05, 4.69) is 41.0 Å². The molecule has 0 aliphatic rings. The van der Waals surface area contributed by atoms with Gasteiger partial charge < -0.3 is 15.4 Å². The Balaban J connectivity index is 0.000000789. The summed E-state index contributed by atoms with van der Waals surface area (Å²) in [5, 5.41) is 5.03. The molecule has 0 aromatic heterocycles. The number of nitrogens with one attached hydrogen (secondary N) is 2. The minimum Gasteiger partial charge on any atom is -0.428 e. The Morgan fingerprint density at radius 2 is 1.48 bits per heavy atom. The molecular formula is C34H28F10N2O2. The summed E-state index contributed by atoms with van der Waals surface area (Å²) in [6.45, 7) is 6.56. The topological polar surface area (TPSA) is 50.4 Å². The van der Waals surface area contributed by atoms with Crippen molar-refractivity contribution in [2.24, 2.45) is 0 Å². The number of alkyl halides is 7. The van der Waals surface area contributed by atoms with Gasteiger partial charge >= 0.3 is 18.7 Å². The zero-order valence-electron chi connectivity index (χ0n) is 25.2. The van der Waals surface area contributed by atoms with Crippen molar-refractivity contribution in [1.29, 1.82) is 0 Å². The van der Waals surface area contributed by atoms with Crippen LogP contribution < -0.4 is 15.4 Å². The Kier molecular flexibility index (Phi) is 12.3. The predicted molar refractivity (Wildman–Crippen MR) is 158 cm³/mol. The van der Waals surface area contributed by atoms with E-state index in [-0.39, 0.29) is 34.5 Å². The summed E-state index contributed by atoms with van der Waals surface area (Å²) in [6, 6.07) is 16.0. The van der Waals surface area contributed by atoms with Crippen LogP contribution in [0.5, 0.6) is 5.75 Å². The van der Waals surface area contributed by atoms with Crippen molar-refractivity contribution in [3.63, 3.8) is 0 Å². The minimum absolute atomic E-state index is 0.0585. The molecular weight excluding hydrogens is 658 g/mol. The van der Waals surface area contributed by atoms with Crippen molar-refractivity contribution in [3.05, 3.63) is 142 Å². The lowest BCUT2D eigenvalue weighted by Gasteiger charge is -2.25. The largest absolute Gasteiger partial charge is 0.461 e. The van der Waals surface area contributed by atoms with E-state index in [0.717, 1.165) is 37.3 Å². The third kappa shape index (κ3) is 10.5. The van der Waals surface area contributed by atoms with Gasteiger partial charge in [-0.1, -0.05) is 48.5 Å². The zero-order chi connectivity index (χ0) is 35.8. The van der Waals surface area contributed by atoms with Gasteiger partial charge in [0, 0.05) is 30.8 Å². The second kappa shape index (κ2) is 15.7. The third-order valence-electron chi connectivity index (χ3n) is 6.55. The van der Waals surface area contributed by atoms with Crippen LogP contribution in [0.1, 0.15) is 46.3 Å². The van der Waals surface area contributed by atoms with E-state index in [1.165, 1.54) is 11.6 Å². The maximum absolute atomic E-state index is 14.5.